The van der Waals surface area contributed by atoms with Crippen LogP contribution in [0.25, 0.3) is 0 Å². The molecule has 0 bridgehead atoms. The highest BCUT2D eigenvalue weighted by molar-refractivity contribution is 9.08. The quantitative estimate of drug-likeness (QED) is 0.149. The second-order valence-electron chi connectivity index (χ2n) is 7.76. The van der Waals surface area contributed by atoms with E-state index in [9.17, 15) is 27.2 Å². The lowest BCUT2D eigenvalue weighted by Gasteiger charge is -2.29. The van der Waals surface area contributed by atoms with E-state index in [4.69, 9.17) is 0 Å². The van der Waals surface area contributed by atoms with Crippen LogP contribution in [0.1, 0.15) is 39.0 Å². The first-order valence-corrected chi connectivity index (χ1v) is 11.8. The number of ketones is 1. The van der Waals surface area contributed by atoms with Crippen LogP contribution in [0, 0.1) is 5.82 Å². The number of nitrogens with zero attached hydrogens (tertiary/aromatic N) is 1. The minimum absolute atomic E-state index is 0.149. The Kier molecular flexibility index (Phi) is 7.40. The molecule has 5 rings (SSSR count). The van der Waals surface area contributed by atoms with Crippen LogP contribution in [-0.2, 0) is 16.3 Å². The number of halogens is 5. The number of hydrogen-bond acceptors (Lipinski definition) is 3. The molecule has 4 aromatic rings. The summed E-state index contributed by atoms with van der Waals surface area (Å²) in [5.74, 6) is -2.86. The van der Waals surface area contributed by atoms with E-state index in [1.165, 1.54) is 23.1 Å². The summed E-state index contributed by atoms with van der Waals surface area (Å²) < 4.78 is 54.1. The van der Waals surface area contributed by atoms with Crippen molar-refractivity contribution in [3.05, 3.63) is 125 Å². The number of amides is 1. The third kappa shape index (κ3) is 5.11. The van der Waals surface area contributed by atoms with Gasteiger partial charge in [-0.15, -0.1) is 0 Å². The Balaban J connectivity index is 0.000000233. The molecule has 184 valence electrons. The molecule has 0 saturated heterocycles. The Morgan fingerprint density at radius 3 is 1.86 bits per heavy atom. The van der Waals surface area contributed by atoms with Gasteiger partial charge in [0.1, 0.15) is 11.6 Å². The first-order chi connectivity index (χ1) is 17.2. The van der Waals surface area contributed by atoms with Gasteiger partial charge in [-0.1, -0.05) is 82.7 Å². The van der Waals surface area contributed by atoms with Crippen molar-refractivity contribution < 1.29 is 31.6 Å². The standard InChI is InChI=1S/C21H14FNO2.C6H4BrF3O/c22-16-12-7-13-17-18(16)20(24)21(25)23(17)19(14-8-3-1-4-9-14)15-10-5-2-6-11-15;7-3-4-1-2-5(11-4)6(8,9)10/h1-13,19H;1-2H,3H2. The third-order valence-electron chi connectivity index (χ3n) is 5.45. The number of furan rings is 1. The van der Waals surface area contributed by atoms with E-state index >= 15 is 0 Å². The van der Waals surface area contributed by atoms with Crippen LogP contribution < -0.4 is 4.90 Å². The fraction of sp³-hybridized carbons (Fsp3) is 0.111. The number of carbonyl (C=O) groups excluding carboxylic acids is 2. The fourth-order valence-electron chi connectivity index (χ4n) is 3.88. The maximum atomic E-state index is 14.2. The topological polar surface area (TPSA) is 50.5 Å². The number of rotatable bonds is 4. The minimum Gasteiger partial charge on any atom is -0.456 e. The van der Waals surface area contributed by atoms with Crippen molar-refractivity contribution in [3.8, 4) is 0 Å². The normalized spacial score (nSPS) is 13.0. The van der Waals surface area contributed by atoms with Crippen LogP contribution in [0.2, 0.25) is 0 Å². The molecule has 36 heavy (non-hydrogen) atoms. The Hall–Kier alpha value is -3.72. The fourth-order valence-corrected chi connectivity index (χ4v) is 4.19. The van der Waals surface area contributed by atoms with Crippen molar-refractivity contribution in [1.82, 2.24) is 0 Å². The summed E-state index contributed by atoms with van der Waals surface area (Å²) in [6, 6.07) is 24.9. The van der Waals surface area contributed by atoms with E-state index in [2.05, 4.69) is 20.3 Å². The van der Waals surface area contributed by atoms with Gasteiger partial charge in [-0.05, 0) is 35.4 Å². The molecule has 1 aromatic heterocycles. The number of alkyl halides is 4. The molecule has 1 aliphatic rings. The highest BCUT2D eigenvalue weighted by Crippen LogP contribution is 2.40. The Morgan fingerprint density at radius 2 is 1.39 bits per heavy atom. The number of anilines is 1. The Morgan fingerprint density at radius 1 is 0.806 bits per heavy atom. The molecule has 0 radical (unpaired) electrons. The highest BCUT2D eigenvalue weighted by Gasteiger charge is 2.42. The number of carbonyl (C=O) groups is 2. The van der Waals surface area contributed by atoms with Gasteiger partial charge in [0.2, 0.25) is 5.76 Å². The van der Waals surface area contributed by atoms with Crippen molar-refractivity contribution in [1.29, 1.82) is 0 Å². The predicted molar refractivity (Wildman–Crippen MR) is 129 cm³/mol. The third-order valence-corrected chi connectivity index (χ3v) is 6.01. The van der Waals surface area contributed by atoms with Crippen LogP contribution in [0.5, 0.6) is 0 Å². The molecule has 0 fully saturated rings. The smallest absolute Gasteiger partial charge is 0.449 e. The van der Waals surface area contributed by atoms with E-state index in [0.717, 1.165) is 17.2 Å². The van der Waals surface area contributed by atoms with Crippen LogP contribution in [0.15, 0.2) is 95.4 Å². The lowest BCUT2D eigenvalue weighted by molar-refractivity contribution is -0.153. The summed E-state index contributed by atoms with van der Waals surface area (Å²) >= 11 is 2.98. The van der Waals surface area contributed by atoms with Gasteiger partial charge in [-0.25, -0.2) is 4.39 Å². The summed E-state index contributed by atoms with van der Waals surface area (Å²) in [6.45, 7) is 0. The first-order valence-electron chi connectivity index (χ1n) is 10.7. The van der Waals surface area contributed by atoms with Crippen molar-refractivity contribution in [2.75, 3.05) is 4.90 Å². The lowest BCUT2D eigenvalue weighted by Crippen LogP contribution is -2.34. The van der Waals surface area contributed by atoms with Gasteiger partial charge in [-0.2, -0.15) is 13.2 Å². The molecule has 0 spiro atoms. The molecule has 0 saturated carbocycles. The summed E-state index contributed by atoms with van der Waals surface area (Å²) in [7, 11) is 0. The van der Waals surface area contributed by atoms with Gasteiger partial charge >= 0.3 is 6.18 Å². The van der Waals surface area contributed by atoms with Gasteiger partial charge in [0.25, 0.3) is 11.7 Å². The maximum absolute atomic E-state index is 14.2. The van der Waals surface area contributed by atoms with Crippen molar-refractivity contribution in [2.24, 2.45) is 0 Å². The summed E-state index contributed by atoms with van der Waals surface area (Å²) in [5, 5.41) is 0.295. The average molecular weight is 560 g/mol. The zero-order valence-electron chi connectivity index (χ0n) is 18.5. The molecule has 1 aliphatic heterocycles. The Bertz CT molecular complexity index is 1330. The molecule has 0 atom stereocenters. The molecular formula is C27H18BrF4NO3. The molecule has 9 heteroatoms. The second-order valence-corrected chi connectivity index (χ2v) is 8.32. The Labute approximate surface area is 212 Å². The van der Waals surface area contributed by atoms with E-state index in [-0.39, 0.29) is 11.3 Å². The van der Waals surface area contributed by atoms with Crippen molar-refractivity contribution >= 4 is 33.3 Å². The molecule has 0 aliphatic carbocycles. The highest BCUT2D eigenvalue weighted by atomic mass is 79.9. The SMILES string of the molecule is FC(F)(F)c1ccc(CBr)o1.O=C1C(=O)N(C(c2ccccc2)c2ccccc2)c2cccc(F)c21. The predicted octanol–water partition coefficient (Wildman–Crippen LogP) is 7.34. The largest absolute Gasteiger partial charge is 0.456 e. The summed E-state index contributed by atoms with van der Waals surface area (Å²) in [6.07, 6.45) is -4.37. The van der Waals surface area contributed by atoms with Crippen LogP contribution in [0.4, 0.5) is 23.2 Å². The van der Waals surface area contributed by atoms with Crippen molar-refractivity contribution in [3.63, 3.8) is 0 Å². The molecule has 3 aromatic carbocycles. The van der Waals surface area contributed by atoms with Gasteiger partial charge in [-0.3, -0.25) is 14.5 Å². The first kappa shape index (κ1) is 25.4. The summed E-state index contributed by atoms with van der Waals surface area (Å²) in [5.41, 5.74) is 1.87. The number of benzene rings is 3. The molecule has 0 unspecified atom stereocenters. The zero-order chi connectivity index (χ0) is 25.9. The van der Waals surface area contributed by atoms with Gasteiger partial charge < -0.3 is 4.42 Å². The van der Waals surface area contributed by atoms with Gasteiger partial charge in [0.05, 0.1) is 22.6 Å². The number of hydrogen-bond donors (Lipinski definition) is 0. The van der Waals surface area contributed by atoms with Gasteiger partial charge in [0, 0.05) is 0 Å². The second kappa shape index (κ2) is 10.5. The van der Waals surface area contributed by atoms with E-state index in [0.29, 0.717) is 11.0 Å². The maximum Gasteiger partial charge on any atom is 0.449 e. The molecular weight excluding hydrogens is 542 g/mol. The number of fused-ring (bicyclic) bond motifs is 1. The number of Topliss-reactive ketones (excluding diaryl/α,β-unsaturated/α-hetero) is 1. The van der Waals surface area contributed by atoms with Crippen molar-refractivity contribution in [2.45, 2.75) is 17.5 Å². The van der Waals surface area contributed by atoms with Crippen LogP contribution in [0.3, 0.4) is 0 Å². The average Bonchev–Trinajstić information content (AvgIpc) is 3.46. The molecule has 4 nitrogen and oxygen atoms in total. The lowest BCUT2D eigenvalue weighted by atomic mass is 9.97. The monoisotopic (exact) mass is 559 g/mol. The zero-order valence-corrected chi connectivity index (χ0v) is 20.1. The van der Waals surface area contributed by atoms with E-state index < -0.39 is 35.5 Å². The minimum atomic E-state index is -4.37. The molecule has 0 N–H and O–H groups in total. The summed E-state index contributed by atoms with van der Waals surface area (Å²) in [4.78, 5) is 26.5. The van der Waals surface area contributed by atoms with Crippen LogP contribution in [-0.4, -0.2) is 11.7 Å². The van der Waals surface area contributed by atoms with Gasteiger partial charge in [0.15, 0.2) is 0 Å². The molecule has 1 amide bonds. The van der Waals surface area contributed by atoms with E-state index in [1.807, 2.05) is 60.7 Å². The molecule has 2 heterocycles. The van der Waals surface area contributed by atoms with Crippen LogP contribution >= 0.6 is 15.9 Å². The van der Waals surface area contributed by atoms with E-state index in [1.54, 1.807) is 6.07 Å².